The molecule has 0 spiro atoms. The van der Waals surface area contributed by atoms with Crippen molar-refractivity contribution in [1.29, 1.82) is 0 Å². The lowest BCUT2D eigenvalue weighted by Crippen LogP contribution is -2.21. The van der Waals surface area contributed by atoms with E-state index >= 15 is 0 Å². The maximum absolute atomic E-state index is 5.87. The minimum atomic E-state index is 0.479. The van der Waals surface area contributed by atoms with Crippen LogP contribution in [0.3, 0.4) is 0 Å². The second-order valence-electron chi connectivity index (χ2n) is 5.49. The van der Waals surface area contributed by atoms with Gasteiger partial charge in [-0.05, 0) is 46.6 Å². The van der Waals surface area contributed by atoms with Crippen LogP contribution in [0.5, 0.6) is 5.75 Å². The van der Waals surface area contributed by atoms with Crippen LogP contribution < -0.4 is 10.1 Å². The van der Waals surface area contributed by atoms with Crippen molar-refractivity contribution in [3.8, 4) is 5.75 Å². The lowest BCUT2D eigenvalue weighted by Gasteiger charge is -2.11. The summed E-state index contributed by atoms with van der Waals surface area (Å²) in [5.41, 5.74) is 3.30. The van der Waals surface area contributed by atoms with Gasteiger partial charge in [0.2, 0.25) is 0 Å². The molecule has 0 atom stereocenters. The zero-order valence-electron chi connectivity index (χ0n) is 13.0. The van der Waals surface area contributed by atoms with Gasteiger partial charge >= 0.3 is 0 Å². The molecule has 114 valence electrons. The molecule has 0 saturated heterocycles. The maximum atomic E-state index is 5.87. The molecule has 0 amide bonds. The summed E-state index contributed by atoms with van der Waals surface area (Å²) in [5, 5.41) is 7.72. The Bertz CT molecular complexity index is 608. The number of hydrogen-bond acceptors (Lipinski definition) is 3. The molecule has 0 saturated carbocycles. The number of rotatable bonds is 6. The molecule has 1 aromatic carbocycles. The number of aromatic nitrogens is 2. The third-order valence-corrected chi connectivity index (χ3v) is 3.80. The van der Waals surface area contributed by atoms with E-state index in [2.05, 4.69) is 52.3 Å². The van der Waals surface area contributed by atoms with Crippen LogP contribution in [0, 0.1) is 6.92 Å². The second kappa shape index (κ2) is 7.09. The first kappa shape index (κ1) is 16.0. The minimum Gasteiger partial charge on any atom is -0.486 e. The highest BCUT2D eigenvalue weighted by atomic mass is 79.9. The average molecular weight is 352 g/mol. The molecule has 0 aliphatic carbocycles. The molecule has 0 unspecified atom stereocenters. The lowest BCUT2D eigenvalue weighted by molar-refractivity contribution is 0.293. The molecule has 0 bridgehead atoms. The van der Waals surface area contributed by atoms with Crippen LogP contribution in [-0.2, 0) is 20.2 Å². The first-order valence-electron chi connectivity index (χ1n) is 7.10. The molecule has 1 heterocycles. The highest BCUT2D eigenvalue weighted by Crippen LogP contribution is 2.27. The number of nitrogens with zero attached hydrogens (tertiary/aromatic N) is 2. The summed E-state index contributed by atoms with van der Waals surface area (Å²) in [6.45, 7) is 7.64. The lowest BCUT2D eigenvalue weighted by atomic mass is 10.2. The molecule has 2 rings (SSSR count). The third kappa shape index (κ3) is 4.58. The van der Waals surface area contributed by atoms with Crippen molar-refractivity contribution in [2.45, 2.75) is 40.0 Å². The Hall–Kier alpha value is -1.33. The van der Waals surface area contributed by atoms with E-state index in [4.69, 9.17) is 4.74 Å². The summed E-state index contributed by atoms with van der Waals surface area (Å²) in [6.07, 6.45) is 0. The van der Waals surface area contributed by atoms with Crippen molar-refractivity contribution in [1.82, 2.24) is 15.1 Å². The van der Waals surface area contributed by atoms with Gasteiger partial charge < -0.3 is 10.1 Å². The Morgan fingerprint density at radius 3 is 2.67 bits per heavy atom. The molecule has 1 aromatic heterocycles. The van der Waals surface area contributed by atoms with Crippen molar-refractivity contribution < 1.29 is 4.74 Å². The summed E-state index contributed by atoms with van der Waals surface area (Å²) in [6, 6.07) is 8.70. The van der Waals surface area contributed by atoms with Gasteiger partial charge in [-0.1, -0.05) is 19.9 Å². The first-order valence-corrected chi connectivity index (χ1v) is 7.89. The molecule has 5 heteroatoms. The van der Waals surface area contributed by atoms with E-state index in [0.29, 0.717) is 12.6 Å². The Kier molecular flexibility index (Phi) is 5.42. The molecule has 0 aliphatic rings. The number of aryl methyl sites for hydroxylation is 2. The van der Waals surface area contributed by atoms with Crippen molar-refractivity contribution >= 4 is 15.9 Å². The smallest absolute Gasteiger partial charge is 0.134 e. The number of benzene rings is 1. The summed E-state index contributed by atoms with van der Waals surface area (Å²) in [7, 11) is 1.93. The van der Waals surface area contributed by atoms with Crippen LogP contribution in [0.2, 0.25) is 0 Å². The fourth-order valence-electron chi connectivity index (χ4n) is 2.04. The van der Waals surface area contributed by atoms with Gasteiger partial charge in [-0.2, -0.15) is 5.10 Å². The molecule has 4 nitrogen and oxygen atoms in total. The predicted octanol–water partition coefficient (Wildman–Crippen LogP) is 3.57. The van der Waals surface area contributed by atoms with Crippen LogP contribution in [0.15, 0.2) is 28.7 Å². The van der Waals surface area contributed by atoms with Gasteiger partial charge in [0.15, 0.2) is 0 Å². The number of nitrogens with one attached hydrogen (secondary N) is 1. The van der Waals surface area contributed by atoms with Crippen LogP contribution in [0.4, 0.5) is 0 Å². The number of ether oxygens (including phenoxy) is 1. The summed E-state index contributed by atoms with van der Waals surface area (Å²) < 4.78 is 8.70. The van der Waals surface area contributed by atoms with Gasteiger partial charge in [0.25, 0.3) is 0 Å². The Morgan fingerprint density at radius 2 is 2.10 bits per heavy atom. The Labute approximate surface area is 134 Å². The fourth-order valence-corrected chi connectivity index (χ4v) is 2.59. The van der Waals surface area contributed by atoms with Gasteiger partial charge in [-0.3, -0.25) is 4.68 Å². The van der Waals surface area contributed by atoms with Gasteiger partial charge in [0, 0.05) is 19.6 Å². The Balaban J connectivity index is 1.99. The maximum Gasteiger partial charge on any atom is 0.134 e. The second-order valence-corrected chi connectivity index (χ2v) is 6.34. The van der Waals surface area contributed by atoms with Gasteiger partial charge in [0.1, 0.15) is 12.4 Å². The van der Waals surface area contributed by atoms with Crippen LogP contribution in [-0.4, -0.2) is 15.8 Å². The van der Waals surface area contributed by atoms with Crippen molar-refractivity contribution in [2.24, 2.45) is 7.05 Å². The van der Waals surface area contributed by atoms with E-state index in [1.807, 2.05) is 30.8 Å². The molecule has 0 radical (unpaired) electrons. The standard InChI is InChI=1S/C16H22BrN3O/c1-11(2)18-9-13-5-6-16(15(17)8-13)21-10-14-7-12(3)19-20(14)4/h5-8,11,18H,9-10H2,1-4H3. The van der Waals surface area contributed by atoms with E-state index in [1.54, 1.807) is 0 Å². The highest BCUT2D eigenvalue weighted by molar-refractivity contribution is 9.10. The quantitative estimate of drug-likeness (QED) is 0.864. The summed E-state index contributed by atoms with van der Waals surface area (Å²) in [5.74, 6) is 0.849. The van der Waals surface area contributed by atoms with Crippen molar-refractivity contribution in [2.75, 3.05) is 0 Å². The SMILES string of the molecule is Cc1cc(COc2ccc(CNC(C)C)cc2Br)n(C)n1. The normalized spacial score (nSPS) is 11.1. The average Bonchev–Trinajstić information content (AvgIpc) is 2.73. The van der Waals surface area contributed by atoms with Crippen LogP contribution in [0.1, 0.15) is 30.8 Å². The van der Waals surface area contributed by atoms with E-state index in [1.165, 1.54) is 5.56 Å². The number of hydrogen-bond donors (Lipinski definition) is 1. The fraction of sp³-hybridized carbons (Fsp3) is 0.438. The molecular weight excluding hydrogens is 330 g/mol. The molecule has 0 fully saturated rings. The topological polar surface area (TPSA) is 39.1 Å². The first-order chi connectivity index (χ1) is 9.95. The zero-order valence-corrected chi connectivity index (χ0v) is 14.6. The van der Waals surface area contributed by atoms with Crippen LogP contribution >= 0.6 is 15.9 Å². The molecule has 1 N–H and O–H groups in total. The largest absolute Gasteiger partial charge is 0.486 e. The predicted molar refractivity (Wildman–Crippen MR) is 88.4 cm³/mol. The van der Waals surface area contributed by atoms with E-state index in [0.717, 1.165) is 28.2 Å². The van der Waals surface area contributed by atoms with Crippen molar-refractivity contribution in [3.63, 3.8) is 0 Å². The number of halogens is 1. The molecule has 2 aromatic rings. The van der Waals surface area contributed by atoms with Gasteiger partial charge in [-0.15, -0.1) is 0 Å². The molecule has 21 heavy (non-hydrogen) atoms. The Morgan fingerprint density at radius 1 is 1.33 bits per heavy atom. The van der Waals surface area contributed by atoms with Gasteiger partial charge in [0.05, 0.1) is 15.9 Å². The highest BCUT2D eigenvalue weighted by Gasteiger charge is 2.06. The minimum absolute atomic E-state index is 0.479. The van der Waals surface area contributed by atoms with Gasteiger partial charge in [-0.25, -0.2) is 0 Å². The summed E-state index contributed by atoms with van der Waals surface area (Å²) in [4.78, 5) is 0. The van der Waals surface area contributed by atoms with E-state index in [9.17, 15) is 0 Å². The van der Waals surface area contributed by atoms with E-state index < -0.39 is 0 Å². The zero-order chi connectivity index (χ0) is 15.4. The van der Waals surface area contributed by atoms with E-state index in [-0.39, 0.29) is 0 Å². The van der Waals surface area contributed by atoms with Crippen molar-refractivity contribution in [3.05, 3.63) is 45.7 Å². The van der Waals surface area contributed by atoms with Crippen LogP contribution in [0.25, 0.3) is 0 Å². The summed E-state index contributed by atoms with van der Waals surface area (Å²) >= 11 is 3.58. The molecule has 0 aliphatic heterocycles. The molecular formula is C16H22BrN3O. The third-order valence-electron chi connectivity index (χ3n) is 3.19. The monoisotopic (exact) mass is 351 g/mol.